The molecule has 0 amide bonds. The maximum absolute atomic E-state index is 13.0. The number of Topliss-reactive ketones (excluding diaryl/α,β-unsaturated/α-hetero) is 1. The van der Waals surface area contributed by atoms with Gasteiger partial charge in [-0.1, -0.05) is 32.9 Å². The summed E-state index contributed by atoms with van der Waals surface area (Å²) in [6, 6.07) is 0. The van der Waals surface area contributed by atoms with Gasteiger partial charge in [0.2, 0.25) is 11.6 Å². The van der Waals surface area contributed by atoms with E-state index in [4.69, 9.17) is 9.47 Å². The molecule has 0 N–H and O–H groups in total. The van der Waals surface area contributed by atoms with Crippen molar-refractivity contribution in [2.24, 2.45) is 16.7 Å². The van der Waals surface area contributed by atoms with Crippen molar-refractivity contribution in [2.45, 2.75) is 71.8 Å². The van der Waals surface area contributed by atoms with Crippen LogP contribution in [0.15, 0.2) is 35.3 Å². The van der Waals surface area contributed by atoms with Crippen molar-refractivity contribution in [1.29, 1.82) is 0 Å². The molecule has 0 saturated heterocycles. The zero-order chi connectivity index (χ0) is 19.6. The van der Waals surface area contributed by atoms with Gasteiger partial charge in [0.05, 0.1) is 12.2 Å². The molecule has 1 aliphatic heterocycles. The fourth-order valence-electron chi connectivity index (χ4n) is 6.23. The number of carbonyl (C=O) groups is 2. The first-order valence-corrected chi connectivity index (χ1v) is 10.2. The Morgan fingerprint density at radius 2 is 2.04 bits per heavy atom. The van der Waals surface area contributed by atoms with Gasteiger partial charge in [-0.05, 0) is 51.4 Å². The molecule has 4 rings (SSSR count). The van der Waals surface area contributed by atoms with Crippen molar-refractivity contribution in [3.8, 4) is 0 Å². The van der Waals surface area contributed by atoms with Gasteiger partial charge in [0.25, 0.3) is 0 Å². The summed E-state index contributed by atoms with van der Waals surface area (Å²) in [6.07, 6.45) is 6.92. The number of hydrogen-bond donors (Lipinski definition) is 0. The van der Waals surface area contributed by atoms with Crippen molar-refractivity contribution in [1.82, 2.24) is 0 Å². The van der Waals surface area contributed by atoms with Crippen molar-refractivity contribution in [3.05, 3.63) is 35.3 Å². The minimum absolute atomic E-state index is 0.156. The van der Waals surface area contributed by atoms with Crippen LogP contribution >= 0.6 is 0 Å². The normalized spacial score (nSPS) is 41.3. The van der Waals surface area contributed by atoms with Gasteiger partial charge in [-0.25, -0.2) is 0 Å². The monoisotopic (exact) mass is 370 g/mol. The smallest absolute Gasteiger partial charge is 0.227 e. The molecular formula is C23H30O4. The Labute approximate surface area is 161 Å². The molecule has 2 saturated carbocycles. The molecule has 4 atom stereocenters. The molecule has 2 fully saturated rings. The van der Waals surface area contributed by atoms with Gasteiger partial charge in [-0.15, -0.1) is 0 Å². The first-order chi connectivity index (χ1) is 12.7. The number of carbonyl (C=O) groups excluding carboxylic acids is 2. The van der Waals surface area contributed by atoms with E-state index in [-0.39, 0.29) is 33.9 Å². The topological polar surface area (TPSA) is 52.6 Å². The lowest BCUT2D eigenvalue weighted by Gasteiger charge is -2.67. The van der Waals surface area contributed by atoms with Crippen LogP contribution in [0.1, 0.15) is 66.2 Å². The number of ketones is 2. The van der Waals surface area contributed by atoms with Gasteiger partial charge in [0.15, 0.2) is 11.5 Å². The lowest BCUT2D eigenvalue weighted by atomic mass is 9.42. The predicted molar refractivity (Wildman–Crippen MR) is 103 cm³/mol. The predicted octanol–water partition coefficient (Wildman–Crippen LogP) is 4.65. The Morgan fingerprint density at radius 3 is 2.74 bits per heavy atom. The quantitative estimate of drug-likeness (QED) is 0.524. The van der Waals surface area contributed by atoms with Crippen molar-refractivity contribution in [2.75, 3.05) is 6.61 Å². The molecule has 0 aromatic carbocycles. The first kappa shape index (κ1) is 18.5. The van der Waals surface area contributed by atoms with Gasteiger partial charge in [-0.2, -0.15) is 0 Å². The molecule has 4 heteroatoms. The molecule has 0 aromatic heterocycles. The van der Waals surface area contributed by atoms with Crippen LogP contribution in [0.25, 0.3) is 0 Å². The van der Waals surface area contributed by atoms with E-state index in [1.165, 1.54) is 11.6 Å². The molecule has 1 heterocycles. The van der Waals surface area contributed by atoms with Crippen LogP contribution in [0.4, 0.5) is 0 Å². The number of rotatable bonds is 2. The number of ether oxygens (including phenoxy) is 2. The van der Waals surface area contributed by atoms with E-state index in [2.05, 4.69) is 27.4 Å². The summed E-state index contributed by atoms with van der Waals surface area (Å²) < 4.78 is 12.1. The average molecular weight is 370 g/mol. The van der Waals surface area contributed by atoms with E-state index in [0.29, 0.717) is 24.5 Å². The Morgan fingerprint density at radius 1 is 1.30 bits per heavy atom. The highest BCUT2D eigenvalue weighted by Crippen LogP contribution is 2.69. The van der Waals surface area contributed by atoms with Crippen molar-refractivity contribution in [3.63, 3.8) is 0 Å². The SMILES string of the molecule is C=C1CCC[C@@]23OC4=C(C[C@]2(C)[C@@H](C)CC[C@@]13C)C(=O)C(OCC)=CC4=O. The lowest BCUT2D eigenvalue weighted by Crippen LogP contribution is -2.68. The van der Waals surface area contributed by atoms with Crippen LogP contribution in [0, 0.1) is 16.7 Å². The molecule has 146 valence electrons. The highest BCUT2D eigenvalue weighted by atomic mass is 16.5. The molecule has 27 heavy (non-hydrogen) atoms. The van der Waals surface area contributed by atoms with Crippen LogP contribution in [-0.2, 0) is 19.1 Å². The zero-order valence-corrected chi connectivity index (χ0v) is 16.9. The van der Waals surface area contributed by atoms with Gasteiger partial charge in [0, 0.05) is 16.9 Å². The zero-order valence-electron chi connectivity index (χ0n) is 16.9. The fourth-order valence-corrected chi connectivity index (χ4v) is 6.23. The van der Waals surface area contributed by atoms with E-state index in [1.54, 1.807) is 0 Å². The summed E-state index contributed by atoms with van der Waals surface area (Å²) in [6.45, 7) is 13.4. The van der Waals surface area contributed by atoms with E-state index in [0.717, 1.165) is 32.1 Å². The summed E-state index contributed by atoms with van der Waals surface area (Å²) in [5.41, 5.74) is 0.881. The van der Waals surface area contributed by atoms with Crippen LogP contribution < -0.4 is 0 Å². The second-order valence-electron chi connectivity index (χ2n) is 9.19. The Hall–Kier alpha value is -1.84. The Bertz CT molecular complexity index is 803. The molecule has 0 unspecified atom stereocenters. The average Bonchev–Trinajstić information content (AvgIpc) is 2.62. The molecule has 1 spiro atoms. The van der Waals surface area contributed by atoms with Gasteiger partial charge in [-0.3, -0.25) is 9.59 Å². The highest BCUT2D eigenvalue weighted by Gasteiger charge is 2.69. The van der Waals surface area contributed by atoms with E-state index >= 15 is 0 Å². The molecule has 0 radical (unpaired) electrons. The summed E-state index contributed by atoms with van der Waals surface area (Å²) in [5, 5.41) is 0. The van der Waals surface area contributed by atoms with Crippen LogP contribution in [0.3, 0.4) is 0 Å². The molecule has 0 aromatic rings. The summed E-state index contributed by atoms with van der Waals surface area (Å²) in [4.78, 5) is 25.9. The fraction of sp³-hybridized carbons (Fsp3) is 0.652. The largest absolute Gasteiger partial charge is 0.490 e. The first-order valence-electron chi connectivity index (χ1n) is 10.2. The molecular weight excluding hydrogens is 340 g/mol. The summed E-state index contributed by atoms with van der Waals surface area (Å²) in [7, 11) is 0. The number of hydrogen-bond acceptors (Lipinski definition) is 4. The van der Waals surface area contributed by atoms with Gasteiger partial charge >= 0.3 is 0 Å². The second kappa shape index (κ2) is 5.83. The summed E-state index contributed by atoms with van der Waals surface area (Å²) in [5.74, 6) is 0.396. The van der Waals surface area contributed by atoms with E-state index in [1.807, 2.05) is 6.92 Å². The molecule has 4 nitrogen and oxygen atoms in total. The Balaban J connectivity index is 1.87. The third kappa shape index (κ3) is 2.16. The molecule has 3 aliphatic carbocycles. The molecule has 0 bridgehead atoms. The van der Waals surface area contributed by atoms with Crippen molar-refractivity contribution < 1.29 is 19.1 Å². The van der Waals surface area contributed by atoms with Crippen LogP contribution in [0.5, 0.6) is 0 Å². The van der Waals surface area contributed by atoms with Crippen LogP contribution in [0.2, 0.25) is 0 Å². The maximum atomic E-state index is 13.0. The standard InChI is InChI=1S/C23H30O4/c1-6-26-18-12-17(24)20-16(19(18)25)13-22(5)15(3)9-11-21(4)14(2)8-7-10-23(21,22)27-20/h12,15H,2,6-11,13H2,1,3-5H3/t15-,21-,22+,23-/m0/s1. The minimum atomic E-state index is -0.473. The van der Waals surface area contributed by atoms with E-state index in [9.17, 15) is 9.59 Å². The molecule has 4 aliphatic rings. The minimum Gasteiger partial charge on any atom is -0.490 e. The van der Waals surface area contributed by atoms with E-state index < -0.39 is 5.60 Å². The third-order valence-corrected chi connectivity index (χ3v) is 8.14. The lowest BCUT2D eigenvalue weighted by molar-refractivity contribution is -0.231. The van der Waals surface area contributed by atoms with Gasteiger partial charge in [0.1, 0.15) is 5.60 Å². The van der Waals surface area contributed by atoms with Crippen molar-refractivity contribution >= 4 is 11.6 Å². The summed E-state index contributed by atoms with van der Waals surface area (Å²) >= 11 is 0. The maximum Gasteiger partial charge on any atom is 0.227 e. The Kier molecular flexibility index (Phi) is 4.00. The highest BCUT2D eigenvalue weighted by molar-refractivity contribution is 6.21. The number of allylic oxidation sites excluding steroid dienone is 2. The second-order valence-corrected chi connectivity index (χ2v) is 9.19. The van der Waals surface area contributed by atoms with Gasteiger partial charge < -0.3 is 9.47 Å². The van der Waals surface area contributed by atoms with Crippen LogP contribution in [-0.4, -0.2) is 23.8 Å². The third-order valence-electron chi connectivity index (χ3n) is 8.14.